The fourth-order valence-corrected chi connectivity index (χ4v) is 4.25. The first kappa shape index (κ1) is 20.8. The highest BCUT2D eigenvalue weighted by atomic mass is 35.5. The largest absolute Gasteiger partial charge is 0.309 e. The Morgan fingerprint density at radius 1 is 1.25 bits per heavy atom. The molecule has 0 radical (unpaired) electrons. The molecule has 0 bridgehead atoms. The van der Waals surface area contributed by atoms with E-state index in [1.807, 2.05) is 53.2 Å². The molecule has 0 saturated carbocycles. The zero-order chi connectivity index (χ0) is 20.4. The normalized spacial score (nSPS) is 11.7. The zero-order valence-electron chi connectivity index (χ0n) is 16.9. The number of hydrogen-bond donors (Lipinski definition) is 0. The summed E-state index contributed by atoms with van der Waals surface area (Å²) in [6.45, 7) is 7.53. The van der Waals surface area contributed by atoms with Crippen LogP contribution in [0.5, 0.6) is 0 Å². The van der Waals surface area contributed by atoms with Crippen LogP contribution in [0.15, 0.2) is 24.4 Å². The van der Waals surface area contributed by atoms with Crippen molar-refractivity contribution in [3.8, 4) is 0 Å². The lowest BCUT2D eigenvalue weighted by atomic mass is 10.2. The van der Waals surface area contributed by atoms with Crippen molar-refractivity contribution in [2.75, 3.05) is 32.1 Å². The van der Waals surface area contributed by atoms with Crippen LogP contribution >= 0.6 is 22.9 Å². The zero-order valence-corrected chi connectivity index (χ0v) is 18.5. The molecule has 2 aromatic heterocycles. The van der Waals surface area contributed by atoms with Crippen molar-refractivity contribution in [1.82, 2.24) is 19.7 Å². The molecule has 0 saturated heterocycles. The summed E-state index contributed by atoms with van der Waals surface area (Å²) in [6.07, 6.45) is 2.68. The molecule has 1 aromatic carbocycles. The first-order chi connectivity index (χ1) is 13.3. The number of nitrogens with zero attached hydrogens (tertiary/aromatic N) is 5. The van der Waals surface area contributed by atoms with Gasteiger partial charge in [0.25, 0.3) is 5.91 Å². The summed E-state index contributed by atoms with van der Waals surface area (Å²) in [5.74, 6) is -0.133. The number of halogens is 1. The van der Waals surface area contributed by atoms with Crippen molar-refractivity contribution >= 4 is 44.2 Å². The van der Waals surface area contributed by atoms with Gasteiger partial charge in [-0.1, -0.05) is 29.0 Å². The number of aryl methyl sites for hydroxylation is 1. The molecule has 28 heavy (non-hydrogen) atoms. The van der Waals surface area contributed by atoms with E-state index in [0.717, 1.165) is 28.7 Å². The van der Waals surface area contributed by atoms with Crippen molar-refractivity contribution in [3.63, 3.8) is 0 Å². The predicted octanol–water partition coefficient (Wildman–Crippen LogP) is 4.63. The van der Waals surface area contributed by atoms with Gasteiger partial charge in [-0.2, -0.15) is 5.10 Å². The minimum Gasteiger partial charge on any atom is -0.309 e. The number of hydrogen-bond acceptors (Lipinski definition) is 5. The molecule has 0 atom stereocenters. The lowest BCUT2D eigenvalue weighted by molar-refractivity contribution is 0.0980. The van der Waals surface area contributed by atoms with E-state index in [0.29, 0.717) is 22.4 Å². The first-order valence-electron chi connectivity index (χ1n) is 9.35. The van der Waals surface area contributed by atoms with E-state index in [4.69, 9.17) is 16.6 Å². The molecule has 150 valence electrons. The van der Waals surface area contributed by atoms with Crippen LogP contribution in [0, 0.1) is 6.92 Å². The van der Waals surface area contributed by atoms with Crippen LogP contribution in [0.25, 0.3) is 10.2 Å². The summed E-state index contributed by atoms with van der Waals surface area (Å²) >= 11 is 7.83. The number of aromatic nitrogens is 3. The Hall–Kier alpha value is -1.96. The highest BCUT2D eigenvalue weighted by Crippen LogP contribution is 2.36. The van der Waals surface area contributed by atoms with Gasteiger partial charge >= 0.3 is 0 Å². The van der Waals surface area contributed by atoms with Crippen molar-refractivity contribution < 1.29 is 4.79 Å². The van der Waals surface area contributed by atoms with Crippen LogP contribution in [0.4, 0.5) is 5.13 Å². The molecule has 1 amide bonds. The standard InChI is InChI=1S/C20H26ClN5OS/c1-13(2)26-12-9-16(23-26)19(27)25(11-6-10-24(4)5)20-22-17-14(3)7-8-15(21)18(17)28-20/h7-9,12-13H,6,10-11H2,1-5H3. The van der Waals surface area contributed by atoms with Crippen LogP contribution in [-0.2, 0) is 0 Å². The van der Waals surface area contributed by atoms with Gasteiger partial charge in [-0.3, -0.25) is 14.4 Å². The Labute approximate surface area is 174 Å². The molecule has 3 rings (SSSR count). The van der Waals surface area contributed by atoms with E-state index in [9.17, 15) is 4.79 Å². The van der Waals surface area contributed by atoms with E-state index in [1.165, 1.54) is 11.3 Å². The minimum atomic E-state index is -0.133. The molecule has 3 aromatic rings. The van der Waals surface area contributed by atoms with Gasteiger partial charge in [0.1, 0.15) is 0 Å². The Kier molecular flexibility index (Phi) is 6.37. The molecule has 0 aliphatic carbocycles. The van der Waals surface area contributed by atoms with E-state index < -0.39 is 0 Å². The molecule has 0 N–H and O–H groups in total. The molecule has 0 aliphatic heterocycles. The third-order valence-electron chi connectivity index (χ3n) is 4.51. The minimum absolute atomic E-state index is 0.133. The van der Waals surface area contributed by atoms with Gasteiger partial charge in [0.05, 0.1) is 15.2 Å². The maximum Gasteiger partial charge on any atom is 0.280 e. The van der Waals surface area contributed by atoms with Crippen molar-refractivity contribution in [3.05, 3.63) is 40.7 Å². The predicted molar refractivity (Wildman–Crippen MR) is 117 cm³/mol. The molecule has 0 unspecified atom stereocenters. The highest BCUT2D eigenvalue weighted by Gasteiger charge is 2.24. The van der Waals surface area contributed by atoms with Crippen LogP contribution in [0.3, 0.4) is 0 Å². The number of fused-ring (bicyclic) bond motifs is 1. The summed E-state index contributed by atoms with van der Waals surface area (Å²) < 4.78 is 2.71. The van der Waals surface area contributed by atoms with E-state index >= 15 is 0 Å². The molecular weight excluding hydrogens is 394 g/mol. The van der Waals surface area contributed by atoms with E-state index in [1.54, 1.807) is 15.6 Å². The van der Waals surface area contributed by atoms with Gasteiger partial charge < -0.3 is 4.90 Å². The van der Waals surface area contributed by atoms with Crippen LogP contribution in [0.2, 0.25) is 5.02 Å². The lowest BCUT2D eigenvalue weighted by Crippen LogP contribution is -2.33. The fourth-order valence-electron chi connectivity index (χ4n) is 2.91. The van der Waals surface area contributed by atoms with E-state index in [2.05, 4.69) is 10.00 Å². The monoisotopic (exact) mass is 419 g/mol. The third-order valence-corrected chi connectivity index (χ3v) is 6.04. The number of benzene rings is 1. The second kappa shape index (κ2) is 8.59. The summed E-state index contributed by atoms with van der Waals surface area (Å²) in [5.41, 5.74) is 2.33. The highest BCUT2D eigenvalue weighted by molar-refractivity contribution is 7.23. The molecular formula is C20H26ClN5OS. The lowest BCUT2D eigenvalue weighted by Gasteiger charge is -2.20. The summed E-state index contributed by atoms with van der Waals surface area (Å²) in [6, 6.07) is 5.81. The van der Waals surface area contributed by atoms with Gasteiger partial charge in [-0.15, -0.1) is 0 Å². The maximum atomic E-state index is 13.3. The SMILES string of the molecule is Cc1ccc(Cl)c2sc(N(CCCN(C)C)C(=O)c3ccn(C(C)C)n3)nc12. The quantitative estimate of drug-likeness (QED) is 0.560. The molecule has 2 heterocycles. The van der Waals surface area contributed by atoms with Crippen molar-refractivity contribution in [2.45, 2.75) is 33.2 Å². The number of rotatable bonds is 7. The van der Waals surface area contributed by atoms with Crippen LogP contribution in [-0.4, -0.2) is 52.8 Å². The van der Waals surface area contributed by atoms with Gasteiger partial charge in [0, 0.05) is 18.8 Å². The van der Waals surface area contributed by atoms with Crippen molar-refractivity contribution in [2.24, 2.45) is 0 Å². The summed E-state index contributed by atoms with van der Waals surface area (Å²) in [4.78, 5) is 21.9. The number of carbonyl (C=O) groups is 1. The Morgan fingerprint density at radius 3 is 2.61 bits per heavy atom. The van der Waals surface area contributed by atoms with Crippen molar-refractivity contribution in [1.29, 1.82) is 0 Å². The molecule has 0 aliphatic rings. The van der Waals surface area contributed by atoms with Crippen LogP contribution in [0.1, 0.15) is 42.4 Å². The molecule has 0 fully saturated rings. The van der Waals surface area contributed by atoms with Crippen LogP contribution < -0.4 is 4.90 Å². The number of anilines is 1. The topological polar surface area (TPSA) is 54.3 Å². The second-order valence-electron chi connectivity index (χ2n) is 7.43. The Morgan fingerprint density at radius 2 is 2.00 bits per heavy atom. The number of thiazole rings is 1. The van der Waals surface area contributed by atoms with Gasteiger partial charge in [-0.25, -0.2) is 4.98 Å². The first-order valence-corrected chi connectivity index (χ1v) is 10.5. The molecule has 6 nitrogen and oxygen atoms in total. The van der Waals surface area contributed by atoms with E-state index in [-0.39, 0.29) is 11.9 Å². The average molecular weight is 420 g/mol. The fraction of sp³-hybridized carbons (Fsp3) is 0.450. The summed E-state index contributed by atoms with van der Waals surface area (Å²) in [5, 5.41) is 5.78. The third kappa shape index (κ3) is 4.37. The average Bonchev–Trinajstić information content (AvgIpc) is 3.29. The molecule has 8 heteroatoms. The Bertz CT molecular complexity index is 939. The molecule has 0 spiro atoms. The Balaban J connectivity index is 1.97. The summed E-state index contributed by atoms with van der Waals surface area (Å²) in [7, 11) is 4.05. The second-order valence-corrected chi connectivity index (χ2v) is 8.81. The smallest absolute Gasteiger partial charge is 0.280 e. The number of carbonyl (C=O) groups excluding carboxylic acids is 1. The van der Waals surface area contributed by atoms with Gasteiger partial charge in [0.2, 0.25) is 0 Å². The maximum absolute atomic E-state index is 13.3. The van der Waals surface area contributed by atoms with Gasteiger partial charge in [0.15, 0.2) is 10.8 Å². The van der Waals surface area contributed by atoms with Gasteiger partial charge in [-0.05, 0) is 65.5 Å². The number of amides is 1.